The number of hydrogen-bond acceptors (Lipinski definition) is 7. The first-order valence-electron chi connectivity index (χ1n) is 14.1. The fraction of sp³-hybridized carbons (Fsp3) is 0.750. The molecule has 1 atom stereocenters. The van der Waals surface area contributed by atoms with Crippen LogP contribution < -0.4 is 21.1 Å². The smallest absolute Gasteiger partial charge is 0.291 e. The van der Waals surface area contributed by atoms with Crippen molar-refractivity contribution in [1.82, 2.24) is 15.8 Å². The van der Waals surface area contributed by atoms with Crippen LogP contribution in [0.2, 0.25) is 0 Å². The molecule has 1 aromatic rings. The molecule has 4 N–H and O–H groups in total. The van der Waals surface area contributed by atoms with Crippen LogP contribution in [-0.2, 0) is 4.79 Å². The van der Waals surface area contributed by atoms with Crippen LogP contribution in [0.15, 0.2) is 21.6 Å². The summed E-state index contributed by atoms with van der Waals surface area (Å²) in [6, 6.07) is 0. The van der Waals surface area contributed by atoms with Crippen molar-refractivity contribution in [3.05, 3.63) is 17.9 Å². The van der Waals surface area contributed by atoms with Gasteiger partial charge in [0.1, 0.15) is 4.90 Å². The van der Waals surface area contributed by atoms with E-state index in [1.54, 1.807) is 11.8 Å². The average molecular weight is 535 g/mol. The van der Waals surface area contributed by atoms with Gasteiger partial charge in [-0.3, -0.25) is 9.59 Å². The summed E-state index contributed by atoms with van der Waals surface area (Å²) in [6.07, 6.45) is 12.0. The largest absolute Gasteiger partial charge is 0.474 e. The monoisotopic (exact) mass is 534 g/mol. The quantitative estimate of drug-likeness (QED) is 0.249. The third-order valence-electron chi connectivity index (χ3n) is 7.69. The fourth-order valence-electron chi connectivity index (χ4n) is 5.01. The van der Waals surface area contributed by atoms with Crippen molar-refractivity contribution in [1.29, 1.82) is 0 Å². The summed E-state index contributed by atoms with van der Waals surface area (Å²) in [5.41, 5.74) is 6.46. The Morgan fingerprint density at radius 2 is 1.97 bits per heavy atom. The van der Waals surface area contributed by atoms with Gasteiger partial charge < -0.3 is 25.6 Å². The van der Waals surface area contributed by atoms with Crippen molar-refractivity contribution in [3.8, 4) is 5.88 Å². The molecule has 9 heteroatoms. The maximum atomic E-state index is 13.1. The van der Waals surface area contributed by atoms with Crippen LogP contribution in [0.5, 0.6) is 5.88 Å². The molecule has 1 heterocycles. The maximum absolute atomic E-state index is 13.1. The van der Waals surface area contributed by atoms with Gasteiger partial charge in [0.15, 0.2) is 0 Å². The zero-order valence-corrected chi connectivity index (χ0v) is 23.6. The van der Waals surface area contributed by atoms with Crippen molar-refractivity contribution in [2.24, 2.45) is 17.1 Å². The number of carbonyl (C=O) groups is 2. The van der Waals surface area contributed by atoms with Crippen LogP contribution >= 0.6 is 11.8 Å². The minimum absolute atomic E-state index is 0.000641. The van der Waals surface area contributed by atoms with Gasteiger partial charge in [0.2, 0.25) is 11.7 Å². The molecule has 0 aromatic carbocycles. The van der Waals surface area contributed by atoms with E-state index in [9.17, 15) is 9.59 Å². The predicted octanol–water partition coefficient (Wildman–Crippen LogP) is 5.23. The molecule has 2 saturated carbocycles. The molecule has 2 aliphatic carbocycles. The second-order valence-corrected chi connectivity index (χ2v) is 12.3. The fourth-order valence-corrected chi connectivity index (χ4v) is 6.35. The molecule has 37 heavy (non-hydrogen) atoms. The van der Waals surface area contributed by atoms with E-state index in [0.29, 0.717) is 54.6 Å². The van der Waals surface area contributed by atoms with Crippen molar-refractivity contribution in [2.75, 3.05) is 26.2 Å². The van der Waals surface area contributed by atoms with Crippen molar-refractivity contribution < 1.29 is 18.8 Å². The minimum atomic E-state index is -0.267. The van der Waals surface area contributed by atoms with Crippen molar-refractivity contribution in [3.63, 3.8) is 0 Å². The number of hydrogen-bond donors (Lipinski definition) is 3. The Morgan fingerprint density at radius 3 is 2.62 bits per heavy atom. The Bertz CT molecular complexity index is 893. The number of ether oxygens (including phenoxy) is 1. The molecular weight excluding hydrogens is 488 g/mol. The van der Waals surface area contributed by atoms with Gasteiger partial charge in [-0.2, -0.15) is 0 Å². The number of thioether (sulfide) groups is 1. The van der Waals surface area contributed by atoms with Gasteiger partial charge in [0.25, 0.3) is 11.8 Å². The van der Waals surface area contributed by atoms with Gasteiger partial charge >= 0.3 is 0 Å². The van der Waals surface area contributed by atoms with E-state index in [1.807, 2.05) is 0 Å². The SMILES string of the molecule is C=C(CCNC(=O)c1onc(OCC2(CC(=O)NCCN)CCC2)c1SC1CCCCC1)CC(C)CC. The van der Waals surface area contributed by atoms with E-state index in [0.717, 1.165) is 56.9 Å². The summed E-state index contributed by atoms with van der Waals surface area (Å²) in [6.45, 7) is 10.4. The summed E-state index contributed by atoms with van der Waals surface area (Å²) in [5, 5.41) is 10.4. The summed E-state index contributed by atoms with van der Waals surface area (Å²) in [5.74, 6) is 0.926. The Morgan fingerprint density at radius 1 is 1.22 bits per heavy atom. The van der Waals surface area contributed by atoms with Gasteiger partial charge in [0, 0.05) is 36.7 Å². The molecule has 0 bridgehead atoms. The van der Waals surface area contributed by atoms with Crippen LogP contribution in [0.1, 0.15) is 101 Å². The lowest BCUT2D eigenvalue weighted by molar-refractivity contribution is -0.125. The number of nitrogens with zero attached hydrogens (tertiary/aromatic N) is 1. The number of aromatic nitrogens is 1. The summed E-state index contributed by atoms with van der Waals surface area (Å²) in [7, 11) is 0. The molecule has 2 aliphatic rings. The molecule has 2 fully saturated rings. The zero-order valence-electron chi connectivity index (χ0n) is 22.7. The second-order valence-electron chi connectivity index (χ2n) is 11.0. The lowest BCUT2D eigenvalue weighted by Crippen LogP contribution is -2.41. The molecule has 0 radical (unpaired) electrons. The highest BCUT2D eigenvalue weighted by atomic mass is 32.2. The topological polar surface area (TPSA) is 119 Å². The zero-order chi connectivity index (χ0) is 26.7. The highest BCUT2D eigenvalue weighted by Gasteiger charge is 2.40. The van der Waals surface area contributed by atoms with E-state index in [2.05, 4.69) is 36.2 Å². The molecule has 0 aliphatic heterocycles. The first kappa shape index (κ1) is 29.6. The maximum Gasteiger partial charge on any atom is 0.291 e. The number of rotatable bonds is 16. The first-order valence-corrected chi connectivity index (χ1v) is 14.9. The average Bonchev–Trinajstić information content (AvgIpc) is 3.27. The van der Waals surface area contributed by atoms with E-state index < -0.39 is 0 Å². The number of nitrogens with one attached hydrogen (secondary N) is 2. The van der Waals surface area contributed by atoms with Gasteiger partial charge in [-0.25, -0.2) is 0 Å². The molecule has 208 valence electrons. The van der Waals surface area contributed by atoms with Gasteiger partial charge in [-0.05, 0) is 49.6 Å². The third-order valence-corrected chi connectivity index (χ3v) is 9.09. The lowest BCUT2D eigenvalue weighted by Gasteiger charge is -2.40. The second kappa shape index (κ2) is 14.8. The van der Waals surface area contributed by atoms with Crippen molar-refractivity contribution >= 4 is 23.6 Å². The van der Waals surface area contributed by atoms with E-state index >= 15 is 0 Å². The Balaban J connectivity index is 1.64. The lowest BCUT2D eigenvalue weighted by atomic mass is 9.67. The van der Waals surface area contributed by atoms with Crippen LogP contribution in [0.3, 0.4) is 0 Å². The highest BCUT2D eigenvalue weighted by molar-refractivity contribution is 8.00. The van der Waals surface area contributed by atoms with E-state index in [1.165, 1.54) is 19.3 Å². The molecule has 1 aromatic heterocycles. The normalized spacial score (nSPS) is 18.0. The summed E-state index contributed by atoms with van der Waals surface area (Å²) in [4.78, 5) is 26.1. The molecule has 0 saturated heterocycles. The number of carbonyl (C=O) groups excluding carboxylic acids is 2. The Hall–Kier alpha value is -2.00. The Kier molecular flexibility index (Phi) is 11.8. The predicted molar refractivity (Wildman–Crippen MR) is 148 cm³/mol. The van der Waals surface area contributed by atoms with E-state index in [4.69, 9.17) is 15.0 Å². The summed E-state index contributed by atoms with van der Waals surface area (Å²) < 4.78 is 11.8. The van der Waals surface area contributed by atoms with Crippen LogP contribution in [0.4, 0.5) is 0 Å². The third kappa shape index (κ3) is 9.06. The van der Waals surface area contributed by atoms with E-state index in [-0.39, 0.29) is 23.0 Å². The molecule has 0 spiro atoms. The molecule has 2 amide bonds. The van der Waals surface area contributed by atoms with Gasteiger partial charge in [0.05, 0.1) is 6.61 Å². The Labute approximate surface area is 226 Å². The highest BCUT2D eigenvalue weighted by Crippen LogP contribution is 2.46. The molecule has 8 nitrogen and oxygen atoms in total. The number of amides is 2. The molecule has 1 unspecified atom stereocenters. The first-order chi connectivity index (χ1) is 17.9. The van der Waals surface area contributed by atoms with Crippen LogP contribution in [0, 0.1) is 11.3 Å². The molecule has 3 rings (SSSR count). The standard InChI is InChI=1S/C28H46N4O4S/c1-4-20(2)17-21(3)11-15-31-26(34)24-25(37-22-9-6-5-7-10-22)27(32-36-24)35-19-28(12-8-13-28)18-23(33)30-16-14-29/h20,22H,3-19,29H2,1-2H3,(H,30,33)(H,31,34). The molecular formula is C28H46N4O4S. The van der Waals surface area contributed by atoms with Crippen molar-refractivity contribution in [2.45, 2.75) is 101 Å². The number of nitrogens with two attached hydrogens (primary N) is 1. The van der Waals surface area contributed by atoms with Gasteiger partial charge in [-0.15, -0.1) is 11.8 Å². The minimum Gasteiger partial charge on any atom is -0.474 e. The summed E-state index contributed by atoms with van der Waals surface area (Å²) >= 11 is 1.65. The van der Waals surface area contributed by atoms with Crippen LogP contribution in [-0.4, -0.2) is 48.5 Å². The van der Waals surface area contributed by atoms with Crippen LogP contribution in [0.25, 0.3) is 0 Å². The van der Waals surface area contributed by atoms with Gasteiger partial charge in [-0.1, -0.05) is 58.1 Å².